The van der Waals surface area contributed by atoms with Crippen molar-refractivity contribution in [1.82, 2.24) is 0 Å². The highest BCUT2D eigenvalue weighted by molar-refractivity contribution is 14.1. The van der Waals surface area contributed by atoms with Crippen molar-refractivity contribution in [2.75, 3.05) is 0 Å². The fourth-order valence-corrected chi connectivity index (χ4v) is 4.63. The smallest absolute Gasteiger partial charge is 0.0316 e. The van der Waals surface area contributed by atoms with Gasteiger partial charge in [-0.3, -0.25) is 0 Å². The Hall–Kier alpha value is -0.250. The lowest BCUT2D eigenvalue weighted by atomic mass is 9.76. The minimum absolute atomic E-state index is 0.636. The van der Waals surface area contributed by atoms with Crippen LogP contribution in [0.1, 0.15) is 79.6 Å². The molecule has 132 valence electrons. The molecule has 0 spiro atoms. The van der Waals surface area contributed by atoms with Crippen LogP contribution in [0.4, 0.5) is 0 Å². The van der Waals surface area contributed by atoms with Crippen molar-refractivity contribution in [3.63, 3.8) is 0 Å². The van der Waals surface area contributed by atoms with Gasteiger partial charge in [-0.2, -0.15) is 0 Å². The monoisotopic (exact) mass is 429 g/mol. The topological polar surface area (TPSA) is 26.0 Å². The highest BCUT2D eigenvalue weighted by Crippen LogP contribution is 2.40. The summed E-state index contributed by atoms with van der Waals surface area (Å²) in [6.07, 6.45) is 9.10. The molecular formula is C21H36IN. The first kappa shape index (κ1) is 20.8. The number of halogens is 1. The number of rotatable bonds is 7. The molecule has 1 rings (SSSR count). The quantitative estimate of drug-likeness (QED) is 0.338. The lowest BCUT2D eigenvalue weighted by Gasteiger charge is -2.32. The predicted molar refractivity (Wildman–Crippen MR) is 113 cm³/mol. The van der Waals surface area contributed by atoms with E-state index in [2.05, 4.69) is 63.8 Å². The molecule has 0 aliphatic heterocycles. The molecule has 0 aromatic heterocycles. The second kappa shape index (κ2) is 9.90. The molecule has 23 heavy (non-hydrogen) atoms. The van der Waals surface area contributed by atoms with Crippen LogP contribution < -0.4 is 5.73 Å². The van der Waals surface area contributed by atoms with Gasteiger partial charge in [0.25, 0.3) is 0 Å². The third kappa shape index (κ3) is 5.95. The van der Waals surface area contributed by atoms with Gasteiger partial charge in [0.15, 0.2) is 0 Å². The molecule has 1 aliphatic rings. The molecule has 0 radical (unpaired) electrons. The van der Waals surface area contributed by atoms with Crippen molar-refractivity contribution < 1.29 is 0 Å². The first-order chi connectivity index (χ1) is 10.8. The van der Waals surface area contributed by atoms with Gasteiger partial charge in [0.05, 0.1) is 0 Å². The maximum atomic E-state index is 6.16. The zero-order chi connectivity index (χ0) is 17.6. The standard InChI is InChI=1S/C21H36IN/c1-7-8-9-15(3)20(18(6)23)17(5)21(22)16(4)19-12-10-14(2)11-13-19/h14,16,19H,6-13,23H2,1-5H3/b20-15-,21-17-. The fraction of sp³-hybridized carbons (Fsp3) is 0.714. The SMILES string of the molecule is C=C(N)C(=C(/C)CCCC)/C(C)=C(\I)C(C)C1CCC(C)CC1. The van der Waals surface area contributed by atoms with Crippen molar-refractivity contribution >= 4 is 22.6 Å². The molecule has 0 amide bonds. The molecule has 0 bridgehead atoms. The lowest BCUT2D eigenvalue weighted by molar-refractivity contribution is 0.248. The van der Waals surface area contributed by atoms with Gasteiger partial charge in [-0.15, -0.1) is 0 Å². The molecule has 1 saturated carbocycles. The van der Waals surface area contributed by atoms with E-state index in [4.69, 9.17) is 5.73 Å². The van der Waals surface area contributed by atoms with Crippen molar-refractivity contribution in [2.24, 2.45) is 23.5 Å². The van der Waals surface area contributed by atoms with Gasteiger partial charge in [0.2, 0.25) is 0 Å². The van der Waals surface area contributed by atoms with E-state index in [9.17, 15) is 0 Å². The fourth-order valence-electron chi connectivity index (χ4n) is 3.86. The molecule has 2 heteroatoms. The highest BCUT2D eigenvalue weighted by Gasteiger charge is 2.26. The van der Waals surface area contributed by atoms with Crippen LogP contribution in [0.3, 0.4) is 0 Å². The normalized spacial score (nSPS) is 25.5. The third-order valence-electron chi connectivity index (χ3n) is 5.55. The van der Waals surface area contributed by atoms with Crippen molar-refractivity contribution in [2.45, 2.75) is 79.6 Å². The number of unbranched alkanes of at least 4 members (excludes halogenated alkanes) is 1. The van der Waals surface area contributed by atoms with Crippen LogP contribution in [-0.2, 0) is 0 Å². The number of nitrogens with two attached hydrogens (primary N) is 1. The average molecular weight is 429 g/mol. The maximum absolute atomic E-state index is 6.16. The Kier molecular flexibility index (Phi) is 8.95. The summed E-state index contributed by atoms with van der Waals surface area (Å²) in [7, 11) is 0. The zero-order valence-corrected chi connectivity index (χ0v) is 18.0. The van der Waals surface area contributed by atoms with Crippen LogP contribution >= 0.6 is 22.6 Å². The average Bonchev–Trinajstić information content (AvgIpc) is 2.51. The number of allylic oxidation sites excluding steroid dienone is 3. The van der Waals surface area contributed by atoms with Gasteiger partial charge in [-0.05, 0) is 94.6 Å². The summed E-state index contributed by atoms with van der Waals surface area (Å²) >= 11 is 2.57. The van der Waals surface area contributed by atoms with E-state index >= 15 is 0 Å². The van der Waals surface area contributed by atoms with E-state index in [1.807, 2.05) is 0 Å². The second-order valence-electron chi connectivity index (χ2n) is 7.57. The predicted octanol–water partition coefficient (Wildman–Crippen LogP) is 7.14. The zero-order valence-electron chi connectivity index (χ0n) is 15.8. The molecular weight excluding hydrogens is 393 g/mol. The minimum Gasteiger partial charge on any atom is -0.399 e. The summed E-state index contributed by atoms with van der Waals surface area (Å²) in [5, 5.41) is 0. The number of hydrogen-bond acceptors (Lipinski definition) is 1. The molecule has 0 aromatic carbocycles. The van der Waals surface area contributed by atoms with Crippen molar-refractivity contribution in [1.29, 1.82) is 0 Å². The van der Waals surface area contributed by atoms with E-state index < -0.39 is 0 Å². The number of hydrogen-bond donors (Lipinski definition) is 1. The summed E-state index contributed by atoms with van der Waals surface area (Å²) < 4.78 is 1.49. The Morgan fingerprint density at radius 3 is 2.26 bits per heavy atom. The molecule has 1 atom stereocenters. The van der Waals surface area contributed by atoms with E-state index in [0.29, 0.717) is 5.92 Å². The van der Waals surface area contributed by atoms with E-state index in [1.165, 1.54) is 58.8 Å². The van der Waals surface area contributed by atoms with Crippen molar-refractivity contribution in [3.05, 3.63) is 32.6 Å². The van der Waals surface area contributed by atoms with Crippen LogP contribution in [0.2, 0.25) is 0 Å². The summed E-state index contributed by atoms with van der Waals surface area (Å²) in [5.41, 5.74) is 10.9. The van der Waals surface area contributed by atoms with Gasteiger partial charge >= 0.3 is 0 Å². The Morgan fingerprint density at radius 2 is 1.78 bits per heavy atom. The molecule has 1 aliphatic carbocycles. The van der Waals surface area contributed by atoms with Crippen LogP contribution in [-0.4, -0.2) is 0 Å². The first-order valence-corrected chi connectivity index (χ1v) is 10.4. The molecule has 1 unspecified atom stereocenters. The highest BCUT2D eigenvalue weighted by atomic mass is 127. The summed E-state index contributed by atoms with van der Waals surface area (Å²) in [5.74, 6) is 2.38. The second-order valence-corrected chi connectivity index (χ2v) is 8.73. The summed E-state index contributed by atoms with van der Waals surface area (Å²) in [6, 6.07) is 0. The van der Waals surface area contributed by atoms with Crippen LogP contribution in [0.25, 0.3) is 0 Å². The Balaban J connectivity index is 3.01. The van der Waals surface area contributed by atoms with Gasteiger partial charge in [0, 0.05) is 5.70 Å². The van der Waals surface area contributed by atoms with Crippen LogP contribution in [0.15, 0.2) is 32.6 Å². The Labute approximate surface area is 158 Å². The van der Waals surface area contributed by atoms with Gasteiger partial charge in [-0.25, -0.2) is 0 Å². The van der Waals surface area contributed by atoms with E-state index in [1.54, 1.807) is 0 Å². The lowest BCUT2D eigenvalue weighted by Crippen LogP contribution is -2.20. The largest absolute Gasteiger partial charge is 0.399 e. The molecule has 0 aromatic rings. The van der Waals surface area contributed by atoms with E-state index in [0.717, 1.165) is 24.0 Å². The Morgan fingerprint density at radius 1 is 1.22 bits per heavy atom. The minimum atomic E-state index is 0.636. The molecule has 2 N–H and O–H groups in total. The van der Waals surface area contributed by atoms with Crippen LogP contribution in [0.5, 0.6) is 0 Å². The molecule has 0 heterocycles. The van der Waals surface area contributed by atoms with Gasteiger partial charge < -0.3 is 5.73 Å². The first-order valence-electron chi connectivity index (χ1n) is 9.30. The third-order valence-corrected chi connectivity index (χ3v) is 7.35. The molecule has 0 saturated heterocycles. The molecule has 1 fully saturated rings. The van der Waals surface area contributed by atoms with Crippen LogP contribution in [0, 0.1) is 17.8 Å². The summed E-state index contributed by atoms with van der Waals surface area (Å²) in [4.78, 5) is 0. The Bertz CT molecular complexity index is 464. The molecule has 1 nitrogen and oxygen atoms in total. The van der Waals surface area contributed by atoms with Gasteiger partial charge in [0.1, 0.15) is 0 Å². The van der Waals surface area contributed by atoms with Gasteiger partial charge in [-0.1, -0.05) is 52.2 Å². The van der Waals surface area contributed by atoms with Crippen molar-refractivity contribution in [3.8, 4) is 0 Å². The summed E-state index contributed by atoms with van der Waals surface area (Å²) in [6.45, 7) is 15.6. The van der Waals surface area contributed by atoms with E-state index in [-0.39, 0.29) is 0 Å². The maximum Gasteiger partial charge on any atom is 0.0316 e.